The molecule has 0 aliphatic heterocycles. The van der Waals surface area contributed by atoms with Crippen LogP contribution < -0.4 is 5.32 Å². The van der Waals surface area contributed by atoms with Crippen LogP contribution in [0.2, 0.25) is 10.0 Å². The zero-order chi connectivity index (χ0) is 15.4. The summed E-state index contributed by atoms with van der Waals surface area (Å²) in [6.07, 6.45) is 3.58. The van der Waals surface area contributed by atoms with Gasteiger partial charge in [0.05, 0.1) is 16.1 Å². The summed E-state index contributed by atoms with van der Waals surface area (Å²) in [5.41, 5.74) is 2.22. The zero-order valence-corrected chi connectivity index (χ0v) is 13.3. The lowest BCUT2D eigenvalue weighted by Gasteiger charge is -2.17. The molecule has 0 aliphatic carbocycles. The average molecular weight is 332 g/mol. The number of aromatic nitrogens is 2. The molecule has 2 N–H and O–H groups in total. The molecule has 0 spiro atoms. The lowest BCUT2D eigenvalue weighted by molar-refractivity contribution is 0.581. The van der Waals surface area contributed by atoms with Gasteiger partial charge in [-0.25, -0.2) is 4.98 Å². The Labute approximate surface area is 139 Å². The summed E-state index contributed by atoms with van der Waals surface area (Å²) >= 11 is 12.0. The summed E-state index contributed by atoms with van der Waals surface area (Å²) in [5, 5.41) is 4.64. The maximum atomic E-state index is 6.07. The number of rotatable bonds is 5. The van der Waals surface area contributed by atoms with E-state index in [1.807, 2.05) is 42.6 Å². The van der Waals surface area contributed by atoms with Gasteiger partial charge in [-0.1, -0.05) is 59.6 Å². The summed E-state index contributed by atoms with van der Waals surface area (Å²) in [6, 6.07) is 15.8. The summed E-state index contributed by atoms with van der Waals surface area (Å²) in [5.74, 6) is 0.881. The van der Waals surface area contributed by atoms with Crippen LogP contribution in [0.5, 0.6) is 0 Å². The molecule has 112 valence electrons. The molecule has 0 radical (unpaired) electrons. The summed E-state index contributed by atoms with van der Waals surface area (Å²) in [6.45, 7) is 0.664. The van der Waals surface area contributed by atoms with Crippen molar-refractivity contribution in [2.45, 2.75) is 12.6 Å². The smallest absolute Gasteiger partial charge is 0.127 e. The lowest BCUT2D eigenvalue weighted by atomic mass is 10.1. The van der Waals surface area contributed by atoms with Gasteiger partial charge in [-0.3, -0.25) is 5.32 Å². The van der Waals surface area contributed by atoms with Crippen LogP contribution in [-0.4, -0.2) is 9.97 Å². The van der Waals surface area contributed by atoms with Crippen LogP contribution in [0.25, 0.3) is 0 Å². The topological polar surface area (TPSA) is 40.7 Å². The van der Waals surface area contributed by atoms with E-state index in [1.165, 1.54) is 0 Å². The van der Waals surface area contributed by atoms with Gasteiger partial charge in [0.2, 0.25) is 0 Å². The fourth-order valence-corrected chi connectivity index (χ4v) is 2.64. The Balaban J connectivity index is 1.80. The molecule has 1 heterocycles. The average Bonchev–Trinajstić information content (AvgIpc) is 3.06. The number of nitrogens with one attached hydrogen (secondary N) is 2. The number of halogens is 2. The van der Waals surface area contributed by atoms with Crippen molar-refractivity contribution in [2.24, 2.45) is 0 Å². The number of imidazole rings is 1. The number of nitrogens with zero attached hydrogens (tertiary/aromatic N) is 1. The first-order valence-corrected chi connectivity index (χ1v) is 7.71. The summed E-state index contributed by atoms with van der Waals surface area (Å²) in [4.78, 5) is 7.54. The van der Waals surface area contributed by atoms with Gasteiger partial charge in [-0.2, -0.15) is 0 Å². The highest BCUT2D eigenvalue weighted by Gasteiger charge is 2.15. The van der Waals surface area contributed by atoms with Crippen LogP contribution in [0.15, 0.2) is 60.9 Å². The van der Waals surface area contributed by atoms with E-state index < -0.39 is 0 Å². The minimum Gasteiger partial charge on any atom is -0.347 e. The Morgan fingerprint density at radius 1 is 1.05 bits per heavy atom. The van der Waals surface area contributed by atoms with Crippen LogP contribution in [0.1, 0.15) is 23.0 Å². The maximum Gasteiger partial charge on any atom is 0.127 e. The first-order chi connectivity index (χ1) is 10.7. The third-order valence-corrected chi connectivity index (χ3v) is 4.16. The van der Waals surface area contributed by atoms with Crippen LogP contribution in [0, 0.1) is 0 Å². The Morgan fingerprint density at radius 3 is 2.55 bits per heavy atom. The number of hydrogen-bond acceptors (Lipinski definition) is 2. The van der Waals surface area contributed by atoms with Crippen molar-refractivity contribution in [1.29, 1.82) is 0 Å². The van der Waals surface area contributed by atoms with Crippen LogP contribution in [-0.2, 0) is 6.54 Å². The molecule has 0 saturated carbocycles. The van der Waals surface area contributed by atoms with Crippen molar-refractivity contribution in [2.75, 3.05) is 0 Å². The molecule has 3 nitrogen and oxygen atoms in total. The minimum atomic E-state index is -0.00865. The molecule has 0 saturated heterocycles. The molecule has 3 rings (SSSR count). The van der Waals surface area contributed by atoms with Crippen molar-refractivity contribution in [3.63, 3.8) is 0 Å². The Hall–Kier alpha value is -1.81. The quantitative estimate of drug-likeness (QED) is 0.717. The van der Waals surface area contributed by atoms with E-state index >= 15 is 0 Å². The molecule has 0 aliphatic rings. The number of aromatic amines is 1. The molecule has 0 bridgehead atoms. The predicted octanol–water partition coefficient (Wildman–Crippen LogP) is 4.60. The van der Waals surface area contributed by atoms with E-state index in [4.69, 9.17) is 23.2 Å². The summed E-state index contributed by atoms with van der Waals surface area (Å²) in [7, 11) is 0. The number of H-pyrrole nitrogens is 1. The molecular formula is C17H15Cl2N3. The van der Waals surface area contributed by atoms with Gasteiger partial charge in [-0.15, -0.1) is 0 Å². The largest absolute Gasteiger partial charge is 0.347 e. The SMILES string of the molecule is Clc1ccc(CNC(c2ccccc2)c2ncc[nH]2)cc1Cl. The lowest BCUT2D eigenvalue weighted by Crippen LogP contribution is -2.23. The highest BCUT2D eigenvalue weighted by atomic mass is 35.5. The third kappa shape index (κ3) is 3.50. The van der Waals surface area contributed by atoms with E-state index in [0.29, 0.717) is 16.6 Å². The van der Waals surface area contributed by atoms with Crippen molar-refractivity contribution < 1.29 is 0 Å². The predicted molar refractivity (Wildman–Crippen MR) is 90.2 cm³/mol. The van der Waals surface area contributed by atoms with Crippen LogP contribution >= 0.6 is 23.2 Å². The molecule has 5 heteroatoms. The minimum absolute atomic E-state index is 0.00865. The molecule has 1 atom stereocenters. The van der Waals surface area contributed by atoms with Crippen molar-refractivity contribution in [3.05, 3.63) is 87.9 Å². The Kier molecular flexibility index (Phi) is 4.78. The van der Waals surface area contributed by atoms with Crippen molar-refractivity contribution in [1.82, 2.24) is 15.3 Å². The second kappa shape index (κ2) is 6.97. The van der Waals surface area contributed by atoms with E-state index in [9.17, 15) is 0 Å². The van der Waals surface area contributed by atoms with Gasteiger partial charge < -0.3 is 4.98 Å². The molecule has 1 unspecified atom stereocenters. The van der Waals surface area contributed by atoms with E-state index in [1.54, 1.807) is 6.20 Å². The fraction of sp³-hybridized carbons (Fsp3) is 0.118. The second-order valence-corrected chi connectivity index (χ2v) is 5.76. The Bertz CT molecular complexity index is 727. The summed E-state index contributed by atoms with van der Waals surface area (Å²) < 4.78 is 0. The third-order valence-electron chi connectivity index (χ3n) is 3.42. The van der Waals surface area contributed by atoms with E-state index in [2.05, 4.69) is 27.4 Å². The molecule has 0 fully saturated rings. The molecule has 0 amide bonds. The highest BCUT2D eigenvalue weighted by molar-refractivity contribution is 6.42. The van der Waals surface area contributed by atoms with Gasteiger partial charge in [0.25, 0.3) is 0 Å². The Morgan fingerprint density at radius 2 is 1.86 bits per heavy atom. The zero-order valence-electron chi connectivity index (χ0n) is 11.8. The monoisotopic (exact) mass is 331 g/mol. The molecular weight excluding hydrogens is 317 g/mol. The van der Waals surface area contributed by atoms with Gasteiger partial charge in [0.1, 0.15) is 5.82 Å². The highest BCUT2D eigenvalue weighted by Crippen LogP contribution is 2.24. The fourth-order valence-electron chi connectivity index (χ4n) is 2.32. The molecule has 3 aromatic rings. The van der Waals surface area contributed by atoms with Crippen LogP contribution in [0.3, 0.4) is 0 Å². The van der Waals surface area contributed by atoms with Gasteiger partial charge in [0, 0.05) is 18.9 Å². The first kappa shape index (κ1) is 15.1. The van der Waals surface area contributed by atoms with Crippen LogP contribution in [0.4, 0.5) is 0 Å². The van der Waals surface area contributed by atoms with Crippen molar-refractivity contribution >= 4 is 23.2 Å². The van der Waals surface area contributed by atoms with Gasteiger partial charge in [0.15, 0.2) is 0 Å². The number of benzene rings is 2. The normalized spacial score (nSPS) is 12.3. The first-order valence-electron chi connectivity index (χ1n) is 6.95. The van der Waals surface area contributed by atoms with Crippen molar-refractivity contribution in [3.8, 4) is 0 Å². The van der Waals surface area contributed by atoms with Gasteiger partial charge in [-0.05, 0) is 23.3 Å². The molecule has 2 aromatic carbocycles. The second-order valence-electron chi connectivity index (χ2n) is 4.95. The van der Waals surface area contributed by atoms with E-state index in [0.717, 1.165) is 17.0 Å². The van der Waals surface area contributed by atoms with Gasteiger partial charge >= 0.3 is 0 Å². The maximum absolute atomic E-state index is 6.07. The number of hydrogen-bond donors (Lipinski definition) is 2. The standard InChI is InChI=1S/C17H15Cl2N3/c18-14-7-6-12(10-15(14)19)11-22-16(17-20-8-9-21-17)13-4-2-1-3-5-13/h1-10,16,22H,11H2,(H,20,21). The molecule has 1 aromatic heterocycles. The molecule has 22 heavy (non-hydrogen) atoms. The van der Waals surface area contributed by atoms with E-state index in [-0.39, 0.29) is 6.04 Å².